The van der Waals surface area contributed by atoms with Crippen molar-refractivity contribution in [3.63, 3.8) is 0 Å². The van der Waals surface area contributed by atoms with Gasteiger partial charge < -0.3 is 0 Å². The maximum absolute atomic E-state index is 12.3. The Hall–Kier alpha value is -2.54. The molecule has 0 spiro atoms. The third-order valence-corrected chi connectivity index (χ3v) is 4.81. The molecule has 0 fully saturated rings. The van der Waals surface area contributed by atoms with Crippen LogP contribution in [0.5, 0.6) is 0 Å². The first-order valence-electron chi connectivity index (χ1n) is 7.61. The second-order valence-corrected chi connectivity index (χ2v) is 7.20. The lowest BCUT2D eigenvalue weighted by Gasteiger charge is -2.19. The van der Waals surface area contributed by atoms with E-state index < -0.39 is 10.0 Å². The van der Waals surface area contributed by atoms with Crippen molar-refractivity contribution < 1.29 is 8.42 Å². The fourth-order valence-corrected chi connectivity index (χ4v) is 3.69. The number of amidine groups is 1. The third-order valence-electron chi connectivity index (χ3n) is 3.48. The highest BCUT2D eigenvalue weighted by Gasteiger charge is 2.31. The van der Waals surface area contributed by atoms with Crippen molar-refractivity contribution in [2.75, 3.05) is 6.54 Å². The van der Waals surface area contributed by atoms with Gasteiger partial charge in [-0.15, -0.1) is 4.40 Å². The first kappa shape index (κ1) is 16.3. The molecular formula is C17H18N4O2S. The molecule has 0 radical (unpaired) electrons. The minimum absolute atomic E-state index is 0.229. The summed E-state index contributed by atoms with van der Waals surface area (Å²) in [6.45, 7) is 4.22. The van der Waals surface area contributed by atoms with Crippen LogP contribution in [0.15, 0.2) is 63.1 Å². The molecule has 1 aromatic carbocycles. The minimum Gasteiger partial charge on any atom is -0.261 e. The van der Waals surface area contributed by atoms with Gasteiger partial charge in [0.15, 0.2) is 5.84 Å². The van der Waals surface area contributed by atoms with E-state index in [1.165, 1.54) is 0 Å². The predicted octanol–water partition coefficient (Wildman–Crippen LogP) is 2.47. The Labute approximate surface area is 141 Å². The van der Waals surface area contributed by atoms with Gasteiger partial charge in [0.25, 0.3) is 10.0 Å². The molecule has 6 nitrogen and oxygen atoms in total. The monoisotopic (exact) mass is 342 g/mol. The Balaban J connectivity index is 1.94. The largest absolute Gasteiger partial charge is 0.285 e. The van der Waals surface area contributed by atoms with Crippen LogP contribution in [0, 0.1) is 0 Å². The van der Waals surface area contributed by atoms with Crippen molar-refractivity contribution in [2.45, 2.75) is 25.2 Å². The van der Waals surface area contributed by atoms with Crippen LogP contribution in [0.2, 0.25) is 0 Å². The summed E-state index contributed by atoms with van der Waals surface area (Å²) < 4.78 is 28.4. The zero-order valence-electron chi connectivity index (χ0n) is 13.5. The van der Waals surface area contributed by atoms with Gasteiger partial charge in [0, 0.05) is 36.1 Å². The van der Waals surface area contributed by atoms with Gasteiger partial charge in [-0.2, -0.15) is 13.5 Å². The van der Waals surface area contributed by atoms with E-state index in [-0.39, 0.29) is 4.90 Å². The van der Waals surface area contributed by atoms with Gasteiger partial charge >= 0.3 is 0 Å². The molecule has 0 aliphatic carbocycles. The number of hydrogen-bond acceptors (Lipinski definition) is 5. The fourth-order valence-electron chi connectivity index (χ4n) is 2.49. The standard InChI is InChI=1S/C17H18N4O2S/c1-13(2)19-21(12-10-14-7-5-6-11-18-14)17-15-8-3-4-9-16(15)24(22,23)20-17/h3-9,11H,10,12H2,1-2H3. The molecule has 0 atom stereocenters. The molecule has 24 heavy (non-hydrogen) atoms. The number of rotatable bonds is 4. The number of nitrogens with zero attached hydrogens (tertiary/aromatic N) is 4. The number of fused-ring (bicyclic) bond motifs is 1. The molecule has 0 bridgehead atoms. The smallest absolute Gasteiger partial charge is 0.261 e. The topological polar surface area (TPSA) is 75.0 Å². The van der Waals surface area contributed by atoms with E-state index in [0.29, 0.717) is 24.4 Å². The zero-order chi connectivity index (χ0) is 17.2. The van der Waals surface area contributed by atoms with Gasteiger partial charge in [-0.05, 0) is 38.1 Å². The van der Waals surface area contributed by atoms with E-state index in [4.69, 9.17) is 0 Å². The van der Waals surface area contributed by atoms with E-state index >= 15 is 0 Å². The summed E-state index contributed by atoms with van der Waals surface area (Å²) in [6.07, 6.45) is 2.37. The van der Waals surface area contributed by atoms with Crippen molar-refractivity contribution >= 4 is 21.6 Å². The Bertz CT molecular complexity index is 901. The quantitative estimate of drug-likeness (QED) is 0.632. The second kappa shape index (κ2) is 6.52. The zero-order valence-corrected chi connectivity index (χ0v) is 14.4. The molecule has 0 unspecified atom stereocenters. The molecule has 1 aromatic heterocycles. The van der Waals surface area contributed by atoms with Crippen molar-refractivity contribution in [1.29, 1.82) is 0 Å². The van der Waals surface area contributed by atoms with E-state index in [1.807, 2.05) is 32.0 Å². The summed E-state index contributed by atoms with van der Waals surface area (Å²) >= 11 is 0. The number of benzene rings is 1. The van der Waals surface area contributed by atoms with Crippen LogP contribution in [0.25, 0.3) is 0 Å². The van der Waals surface area contributed by atoms with Crippen LogP contribution >= 0.6 is 0 Å². The van der Waals surface area contributed by atoms with E-state index in [2.05, 4.69) is 14.5 Å². The van der Waals surface area contributed by atoms with Crippen LogP contribution in [0.3, 0.4) is 0 Å². The van der Waals surface area contributed by atoms with Crippen LogP contribution in [0.1, 0.15) is 25.1 Å². The van der Waals surface area contributed by atoms with Crippen molar-refractivity contribution in [3.8, 4) is 0 Å². The van der Waals surface area contributed by atoms with Gasteiger partial charge in [0.2, 0.25) is 0 Å². The lowest BCUT2D eigenvalue weighted by Crippen LogP contribution is -2.29. The maximum Gasteiger partial charge on any atom is 0.285 e. The number of aromatic nitrogens is 1. The van der Waals surface area contributed by atoms with Gasteiger partial charge in [-0.1, -0.05) is 18.2 Å². The number of hydrazone groups is 1. The molecule has 0 amide bonds. The first-order chi connectivity index (χ1) is 11.5. The Morgan fingerprint density at radius 2 is 1.88 bits per heavy atom. The lowest BCUT2D eigenvalue weighted by atomic mass is 10.2. The van der Waals surface area contributed by atoms with Crippen LogP contribution in [-0.2, 0) is 16.4 Å². The Morgan fingerprint density at radius 3 is 2.58 bits per heavy atom. The molecule has 0 N–H and O–H groups in total. The summed E-state index contributed by atoms with van der Waals surface area (Å²) in [5.41, 5.74) is 2.32. The number of pyridine rings is 1. The van der Waals surface area contributed by atoms with Crippen molar-refractivity contribution in [1.82, 2.24) is 9.99 Å². The SMILES string of the molecule is CC(C)=NN(CCc1ccccn1)C1=NS(=O)(=O)c2ccccc21. The summed E-state index contributed by atoms with van der Waals surface area (Å²) in [4.78, 5) is 4.52. The van der Waals surface area contributed by atoms with Crippen molar-refractivity contribution in [3.05, 3.63) is 59.9 Å². The molecule has 0 saturated carbocycles. The average molecular weight is 342 g/mol. The number of sulfonamides is 1. The van der Waals surface area contributed by atoms with Gasteiger partial charge in [0.1, 0.15) is 4.90 Å². The minimum atomic E-state index is -3.66. The predicted molar refractivity (Wildman–Crippen MR) is 93.6 cm³/mol. The molecular weight excluding hydrogens is 324 g/mol. The highest BCUT2D eigenvalue weighted by atomic mass is 32.2. The summed E-state index contributed by atoms with van der Waals surface area (Å²) in [5, 5.41) is 6.11. The summed E-state index contributed by atoms with van der Waals surface area (Å²) in [5.74, 6) is 0.364. The van der Waals surface area contributed by atoms with Gasteiger partial charge in [0.05, 0.1) is 0 Å². The third kappa shape index (κ3) is 3.35. The molecule has 3 rings (SSSR count). The molecule has 1 aliphatic heterocycles. The Kier molecular flexibility index (Phi) is 4.44. The highest BCUT2D eigenvalue weighted by Crippen LogP contribution is 2.27. The van der Waals surface area contributed by atoms with E-state index in [9.17, 15) is 8.42 Å². The number of hydrogen-bond donors (Lipinski definition) is 0. The molecule has 7 heteroatoms. The van der Waals surface area contributed by atoms with Crippen LogP contribution in [-0.4, -0.2) is 36.5 Å². The molecule has 1 aliphatic rings. The highest BCUT2D eigenvalue weighted by molar-refractivity contribution is 7.90. The first-order valence-corrected chi connectivity index (χ1v) is 9.05. The lowest BCUT2D eigenvalue weighted by molar-refractivity contribution is 0.448. The van der Waals surface area contributed by atoms with Gasteiger partial charge in [-0.3, -0.25) is 4.98 Å². The van der Waals surface area contributed by atoms with Crippen molar-refractivity contribution in [2.24, 2.45) is 9.50 Å². The summed E-state index contributed by atoms with van der Waals surface area (Å²) in [6, 6.07) is 12.5. The van der Waals surface area contributed by atoms with Crippen LogP contribution in [0.4, 0.5) is 0 Å². The maximum atomic E-state index is 12.3. The Morgan fingerprint density at radius 1 is 1.12 bits per heavy atom. The van der Waals surface area contributed by atoms with Crippen LogP contribution < -0.4 is 0 Å². The fraction of sp³-hybridized carbons (Fsp3) is 0.235. The molecule has 124 valence electrons. The molecule has 0 saturated heterocycles. The normalized spacial score (nSPS) is 14.7. The second-order valence-electron chi connectivity index (χ2n) is 5.63. The van der Waals surface area contributed by atoms with Gasteiger partial charge in [-0.25, -0.2) is 5.01 Å². The molecule has 2 heterocycles. The average Bonchev–Trinajstić information content (AvgIpc) is 2.84. The van der Waals surface area contributed by atoms with E-state index in [1.54, 1.807) is 35.5 Å². The van der Waals surface area contributed by atoms with E-state index in [0.717, 1.165) is 11.4 Å². The molecule has 2 aromatic rings. The summed E-state index contributed by atoms with van der Waals surface area (Å²) in [7, 11) is -3.66.